The molecule has 0 N–H and O–H groups in total. The summed E-state index contributed by atoms with van der Waals surface area (Å²) in [7, 11) is 0. The van der Waals surface area contributed by atoms with Crippen molar-refractivity contribution in [3.8, 4) is 0 Å². The van der Waals surface area contributed by atoms with E-state index in [1.807, 2.05) is 0 Å². The largest absolute Gasteiger partial charge is 0.0625 e. The SMILES string of the molecule is CC1CCC2C(CCC3CCC(C)C(C)C32)C1. The van der Waals surface area contributed by atoms with Crippen LogP contribution in [0.15, 0.2) is 0 Å². The molecule has 0 aromatic rings. The van der Waals surface area contributed by atoms with Crippen molar-refractivity contribution in [1.82, 2.24) is 0 Å². The van der Waals surface area contributed by atoms with Gasteiger partial charge in [0.2, 0.25) is 0 Å². The fraction of sp³-hybridized carbons (Fsp3) is 1.00. The molecule has 0 spiro atoms. The first-order chi connectivity index (χ1) is 8.16. The van der Waals surface area contributed by atoms with Gasteiger partial charge in [0, 0.05) is 0 Å². The molecule has 0 amide bonds. The molecule has 98 valence electrons. The first kappa shape index (κ1) is 12.1. The zero-order valence-corrected chi connectivity index (χ0v) is 12.0. The molecule has 3 rings (SSSR count). The van der Waals surface area contributed by atoms with E-state index in [-0.39, 0.29) is 0 Å². The Balaban J connectivity index is 1.78. The highest BCUT2D eigenvalue weighted by molar-refractivity contribution is 4.96. The summed E-state index contributed by atoms with van der Waals surface area (Å²) >= 11 is 0. The van der Waals surface area contributed by atoms with Crippen molar-refractivity contribution in [2.75, 3.05) is 0 Å². The molecule has 3 aliphatic carbocycles. The lowest BCUT2D eigenvalue weighted by Gasteiger charge is -2.53. The average Bonchev–Trinajstić information content (AvgIpc) is 2.33. The predicted molar refractivity (Wildman–Crippen MR) is 73.8 cm³/mol. The lowest BCUT2D eigenvalue weighted by Crippen LogP contribution is -2.45. The molecule has 3 aliphatic rings. The van der Waals surface area contributed by atoms with Crippen molar-refractivity contribution in [2.24, 2.45) is 41.4 Å². The predicted octanol–water partition coefficient (Wildman–Crippen LogP) is 5.13. The van der Waals surface area contributed by atoms with Gasteiger partial charge in [-0.25, -0.2) is 0 Å². The number of hydrogen-bond acceptors (Lipinski definition) is 0. The molecule has 0 aliphatic heterocycles. The van der Waals surface area contributed by atoms with E-state index >= 15 is 0 Å². The van der Waals surface area contributed by atoms with Crippen LogP contribution < -0.4 is 0 Å². The van der Waals surface area contributed by atoms with Crippen LogP contribution in [0.5, 0.6) is 0 Å². The lowest BCUT2D eigenvalue weighted by atomic mass is 9.52. The molecule has 0 heteroatoms. The van der Waals surface area contributed by atoms with Gasteiger partial charge in [-0.15, -0.1) is 0 Å². The molecule has 0 nitrogen and oxygen atoms in total. The molecule has 3 fully saturated rings. The van der Waals surface area contributed by atoms with Gasteiger partial charge >= 0.3 is 0 Å². The Bertz CT molecular complexity index is 267. The Hall–Kier alpha value is 0. The van der Waals surface area contributed by atoms with Gasteiger partial charge in [-0.05, 0) is 73.5 Å². The molecular weight excluding hydrogens is 204 g/mol. The molecule has 0 radical (unpaired) electrons. The normalized spacial score (nSPS) is 54.9. The third-order valence-electron chi connectivity index (χ3n) is 6.75. The Morgan fingerprint density at radius 2 is 1.41 bits per heavy atom. The minimum Gasteiger partial charge on any atom is -0.0625 e. The summed E-state index contributed by atoms with van der Waals surface area (Å²) in [5.74, 6) is 7.45. The lowest BCUT2D eigenvalue weighted by molar-refractivity contribution is -0.0342. The van der Waals surface area contributed by atoms with Crippen LogP contribution in [0.4, 0.5) is 0 Å². The molecule has 0 bridgehead atoms. The summed E-state index contributed by atoms with van der Waals surface area (Å²) in [5, 5.41) is 0. The van der Waals surface area contributed by atoms with Crippen LogP contribution in [-0.2, 0) is 0 Å². The molecule has 7 atom stereocenters. The van der Waals surface area contributed by atoms with E-state index in [1.165, 1.54) is 12.8 Å². The topological polar surface area (TPSA) is 0 Å². The second kappa shape index (κ2) is 4.59. The van der Waals surface area contributed by atoms with Gasteiger partial charge < -0.3 is 0 Å². The summed E-state index contributed by atoms with van der Waals surface area (Å²) < 4.78 is 0. The van der Waals surface area contributed by atoms with Gasteiger partial charge in [-0.1, -0.05) is 33.6 Å². The summed E-state index contributed by atoms with van der Waals surface area (Å²) in [6.45, 7) is 7.56. The van der Waals surface area contributed by atoms with Crippen LogP contribution in [-0.4, -0.2) is 0 Å². The van der Waals surface area contributed by atoms with Crippen molar-refractivity contribution in [2.45, 2.75) is 65.7 Å². The molecule has 0 aromatic carbocycles. The minimum absolute atomic E-state index is 0.995. The smallest absolute Gasteiger partial charge is 0.0326 e. The summed E-state index contributed by atoms with van der Waals surface area (Å²) in [4.78, 5) is 0. The van der Waals surface area contributed by atoms with E-state index in [0.29, 0.717) is 0 Å². The van der Waals surface area contributed by atoms with Crippen molar-refractivity contribution < 1.29 is 0 Å². The zero-order valence-electron chi connectivity index (χ0n) is 12.0. The molecule has 7 unspecified atom stereocenters. The van der Waals surface area contributed by atoms with Gasteiger partial charge in [0.1, 0.15) is 0 Å². The highest BCUT2D eigenvalue weighted by Crippen LogP contribution is 2.55. The maximum Gasteiger partial charge on any atom is -0.0326 e. The van der Waals surface area contributed by atoms with E-state index in [1.54, 1.807) is 32.1 Å². The Morgan fingerprint density at radius 3 is 2.24 bits per heavy atom. The van der Waals surface area contributed by atoms with Crippen molar-refractivity contribution in [3.05, 3.63) is 0 Å². The molecule has 0 saturated heterocycles. The van der Waals surface area contributed by atoms with Crippen LogP contribution in [0.2, 0.25) is 0 Å². The van der Waals surface area contributed by atoms with Crippen LogP contribution >= 0.6 is 0 Å². The average molecular weight is 234 g/mol. The summed E-state index contributed by atoms with van der Waals surface area (Å²) in [6.07, 6.45) is 10.8. The second-order valence-corrected chi connectivity index (χ2v) is 7.67. The first-order valence-corrected chi connectivity index (χ1v) is 8.16. The van der Waals surface area contributed by atoms with Crippen LogP contribution in [0, 0.1) is 41.4 Å². The maximum absolute atomic E-state index is 2.57. The molecule has 3 saturated carbocycles. The second-order valence-electron chi connectivity index (χ2n) is 7.67. The van der Waals surface area contributed by atoms with E-state index in [2.05, 4.69) is 20.8 Å². The van der Waals surface area contributed by atoms with Gasteiger partial charge in [0.05, 0.1) is 0 Å². The number of rotatable bonds is 0. The Morgan fingerprint density at radius 1 is 0.706 bits per heavy atom. The maximum atomic E-state index is 2.57. The fourth-order valence-corrected chi connectivity index (χ4v) is 5.61. The quantitative estimate of drug-likeness (QED) is 0.545. The van der Waals surface area contributed by atoms with Crippen LogP contribution in [0.25, 0.3) is 0 Å². The van der Waals surface area contributed by atoms with Crippen molar-refractivity contribution in [3.63, 3.8) is 0 Å². The van der Waals surface area contributed by atoms with E-state index in [4.69, 9.17) is 0 Å². The van der Waals surface area contributed by atoms with E-state index in [9.17, 15) is 0 Å². The standard InChI is InChI=1S/C17H30/c1-11-4-9-16-15(10-11)8-7-14-6-5-12(2)13(3)17(14)16/h11-17H,4-10H2,1-3H3. The van der Waals surface area contributed by atoms with E-state index in [0.717, 1.165) is 41.4 Å². The minimum atomic E-state index is 0.995. The number of fused-ring (bicyclic) bond motifs is 3. The van der Waals surface area contributed by atoms with Gasteiger partial charge in [-0.2, -0.15) is 0 Å². The van der Waals surface area contributed by atoms with Crippen LogP contribution in [0.3, 0.4) is 0 Å². The van der Waals surface area contributed by atoms with Gasteiger partial charge in [0.25, 0.3) is 0 Å². The molecule has 17 heavy (non-hydrogen) atoms. The Kier molecular flexibility index (Phi) is 3.26. The molecule has 0 heterocycles. The van der Waals surface area contributed by atoms with Crippen molar-refractivity contribution in [1.29, 1.82) is 0 Å². The third kappa shape index (κ3) is 2.06. The summed E-state index contributed by atoms with van der Waals surface area (Å²) in [6, 6.07) is 0. The van der Waals surface area contributed by atoms with Gasteiger partial charge in [0.15, 0.2) is 0 Å². The fourth-order valence-electron chi connectivity index (χ4n) is 5.61. The van der Waals surface area contributed by atoms with E-state index < -0.39 is 0 Å². The van der Waals surface area contributed by atoms with Gasteiger partial charge in [-0.3, -0.25) is 0 Å². The summed E-state index contributed by atoms with van der Waals surface area (Å²) in [5.41, 5.74) is 0. The monoisotopic (exact) mass is 234 g/mol. The zero-order chi connectivity index (χ0) is 12.0. The Labute approximate surface area is 108 Å². The highest BCUT2D eigenvalue weighted by Gasteiger charge is 2.46. The highest BCUT2D eigenvalue weighted by atomic mass is 14.5. The number of hydrogen-bond donors (Lipinski definition) is 0. The molecular formula is C17H30. The third-order valence-corrected chi connectivity index (χ3v) is 6.75. The molecule has 0 aromatic heterocycles. The van der Waals surface area contributed by atoms with Crippen molar-refractivity contribution >= 4 is 0 Å². The first-order valence-electron chi connectivity index (χ1n) is 8.16. The van der Waals surface area contributed by atoms with Crippen LogP contribution in [0.1, 0.15) is 65.7 Å².